The maximum Gasteiger partial charge on any atom is 0.347 e. The van der Waals surface area contributed by atoms with Crippen molar-refractivity contribution in [3.8, 4) is 0 Å². The molecule has 0 aromatic heterocycles. The quantitative estimate of drug-likeness (QED) is 0.806. The fraction of sp³-hybridized carbons (Fsp3) is 0.500. The summed E-state index contributed by atoms with van der Waals surface area (Å²) in [5.41, 5.74) is 0.272. The van der Waals surface area contributed by atoms with Gasteiger partial charge in [-0.1, -0.05) is 36.6 Å². The highest BCUT2D eigenvalue weighted by Crippen LogP contribution is 2.43. The monoisotopic (exact) mass is 308 g/mol. The van der Waals surface area contributed by atoms with E-state index >= 15 is 0 Å². The molecule has 4 nitrogen and oxygen atoms in total. The number of hydrogen-bond donors (Lipinski definition) is 0. The third-order valence-corrected chi connectivity index (χ3v) is 4.63. The van der Waals surface area contributed by atoms with Gasteiger partial charge in [-0.2, -0.15) is 0 Å². The number of halogens is 1. The Kier molecular flexibility index (Phi) is 3.89. The molecular formula is C16H17ClO4. The molecule has 5 heteroatoms. The molecule has 0 amide bonds. The van der Waals surface area contributed by atoms with Gasteiger partial charge in [0.05, 0.1) is 12.0 Å². The molecule has 0 radical (unpaired) electrons. The first-order chi connectivity index (χ1) is 10.1. The number of carbonyl (C=O) groups is 2. The van der Waals surface area contributed by atoms with Crippen LogP contribution in [0.1, 0.15) is 37.7 Å². The van der Waals surface area contributed by atoms with E-state index in [4.69, 9.17) is 21.1 Å². The molecule has 1 aliphatic heterocycles. The van der Waals surface area contributed by atoms with Crippen LogP contribution in [0, 0.1) is 0 Å². The molecule has 0 bridgehead atoms. The van der Waals surface area contributed by atoms with Crippen molar-refractivity contribution in [2.45, 2.75) is 43.6 Å². The van der Waals surface area contributed by atoms with Crippen molar-refractivity contribution in [2.75, 3.05) is 6.61 Å². The Morgan fingerprint density at radius 2 is 1.90 bits per heavy atom. The predicted octanol–water partition coefficient (Wildman–Crippen LogP) is 3.01. The average molecular weight is 309 g/mol. The van der Waals surface area contributed by atoms with Crippen molar-refractivity contribution in [2.24, 2.45) is 0 Å². The third-order valence-electron chi connectivity index (χ3n) is 4.38. The highest BCUT2D eigenvalue weighted by atomic mass is 35.5. The van der Waals surface area contributed by atoms with E-state index in [0.29, 0.717) is 18.1 Å². The molecule has 1 heterocycles. The number of hydrogen-bond acceptors (Lipinski definition) is 4. The Bertz CT molecular complexity index is 546. The van der Waals surface area contributed by atoms with Crippen molar-refractivity contribution in [3.63, 3.8) is 0 Å². The van der Waals surface area contributed by atoms with Crippen molar-refractivity contribution in [1.82, 2.24) is 0 Å². The molecule has 0 N–H and O–H groups in total. The number of benzene rings is 1. The van der Waals surface area contributed by atoms with Gasteiger partial charge in [0.25, 0.3) is 0 Å². The maximum atomic E-state index is 12.7. The lowest BCUT2D eigenvalue weighted by Crippen LogP contribution is -2.38. The fourth-order valence-corrected chi connectivity index (χ4v) is 3.31. The van der Waals surface area contributed by atoms with Gasteiger partial charge in [-0.05, 0) is 30.5 Å². The van der Waals surface area contributed by atoms with E-state index in [1.165, 1.54) is 0 Å². The third kappa shape index (κ3) is 2.64. The standard InChI is InChI=1S/C16H17ClO4/c17-12-5-3-11(4-6-12)16(8-1-2-9-16)15(19)21-13-7-10-20-14(13)18/h3-6,13H,1-2,7-10H2. The molecule has 1 aromatic rings. The number of carbonyl (C=O) groups excluding carboxylic acids is 2. The summed E-state index contributed by atoms with van der Waals surface area (Å²) in [5.74, 6) is -0.751. The van der Waals surface area contributed by atoms with Crippen molar-refractivity contribution < 1.29 is 19.1 Å². The Labute approximate surface area is 128 Å². The zero-order chi connectivity index (χ0) is 14.9. The Morgan fingerprint density at radius 3 is 2.48 bits per heavy atom. The lowest BCUT2D eigenvalue weighted by molar-refractivity contribution is -0.164. The van der Waals surface area contributed by atoms with Crippen LogP contribution in [-0.4, -0.2) is 24.6 Å². The molecule has 1 aliphatic carbocycles. The Morgan fingerprint density at radius 1 is 1.24 bits per heavy atom. The van der Waals surface area contributed by atoms with Gasteiger partial charge in [0, 0.05) is 11.4 Å². The molecule has 1 atom stereocenters. The van der Waals surface area contributed by atoms with E-state index in [0.717, 1.165) is 31.2 Å². The average Bonchev–Trinajstić information content (AvgIpc) is 3.10. The van der Waals surface area contributed by atoms with E-state index in [9.17, 15) is 9.59 Å². The molecule has 2 aliphatic rings. The van der Waals surface area contributed by atoms with Crippen LogP contribution in [0.5, 0.6) is 0 Å². The molecule has 1 saturated carbocycles. The van der Waals surface area contributed by atoms with Gasteiger partial charge in [-0.3, -0.25) is 4.79 Å². The summed E-state index contributed by atoms with van der Waals surface area (Å²) in [7, 11) is 0. The van der Waals surface area contributed by atoms with Crippen LogP contribution in [0.4, 0.5) is 0 Å². The van der Waals surface area contributed by atoms with Gasteiger partial charge < -0.3 is 9.47 Å². The first-order valence-corrected chi connectivity index (χ1v) is 7.63. The second-order valence-electron chi connectivity index (χ2n) is 5.65. The fourth-order valence-electron chi connectivity index (χ4n) is 3.18. The lowest BCUT2D eigenvalue weighted by Gasteiger charge is -2.28. The van der Waals surface area contributed by atoms with Gasteiger partial charge in [0.2, 0.25) is 6.10 Å². The van der Waals surface area contributed by atoms with Crippen LogP contribution < -0.4 is 0 Å². The summed E-state index contributed by atoms with van der Waals surface area (Å²) >= 11 is 5.92. The number of cyclic esters (lactones) is 1. The number of esters is 2. The van der Waals surface area contributed by atoms with Crippen molar-refractivity contribution in [3.05, 3.63) is 34.9 Å². The SMILES string of the molecule is O=C1OCCC1OC(=O)C1(c2ccc(Cl)cc2)CCCC1. The zero-order valence-corrected chi connectivity index (χ0v) is 12.4. The molecule has 112 valence electrons. The van der Waals surface area contributed by atoms with E-state index in [1.54, 1.807) is 12.1 Å². The normalized spacial score (nSPS) is 23.9. The van der Waals surface area contributed by atoms with E-state index < -0.39 is 17.5 Å². The molecular weight excluding hydrogens is 292 g/mol. The minimum Gasteiger partial charge on any atom is -0.463 e. The van der Waals surface area contributed by atoms with Gasteiger partial charge in [0.1, 0.15) is 0 Å². The van der Waals surface area contributed by atoms with Gasteiger partial charge >= 0.3 is 11.9 Å². The molecule has 0 spiro atoms. The summed E-state index contributed by atoms with van der Waals surface area (Å²) in [6, 6.07) is 7.33. The van der Waals surface area contributed by atoms with E-state index in [2.05, 4.69) is 0 Å². The summed E-state index contributed by atoms with van der Waals surface area (Å²) in [5, 5.41) is 0.639. The summed E-state index contributed by atoms with van der Waals surface area (Å²) in [4.78, 5) is 24.2. The van der Waals surface area contributed by atoms with Crippen LogP contribution >= 0.6 is 11.6 Å². The van der Waals surface area contributed by atoms with Crippen LogP contribution in [0.2, 0.25) is 5.02 Å². The highest BCUT2D eigenvalue weighted by Gasteiger charge is 2.46. The zero-order valence-electron chi connectivity index (χ0n) is 11.6. The molecule has 21 heavy (non-hydrogen) atoms. The Balaban J connectivity index is 1.84. The number of ether oxygens (including phenoxy) is 2. The van der Waals surface area contributed by atoms with Crippen LogP contribution in [0.25, 0.3) is 0 Å². The predicted molar refractivity (Wildman–Crippen MR) is 77.1 cm³/mol. The largest absolute Gasteiger partial charge is 0.463 e. The topological polar surface area (TPSA) is 52.6 Å². The minimum absolute atomic E-state index is 0.314. The Hall–Kier alpha value is -1.55. The number of rotatable bonds is 3. The molecule has 1 aromatic carbocycles. The lowest BCUT2D eigenvalue weighted by atomic mass is 9.79. The van der Waals surface area contributed by atoms with E-state index in [1.807, 2.05) is 12.1 Å². The molecule has 3 rings (SSSR count). The first-order valence-electron chi connectivity index (χ1n) is 7.26. The van der Waals surface area contributed by atoms with Crippen LogP contribution in [0.3, 0.4) is 0 Å². The van der Waals surface area contributed by atoms with Gasteiger partial charge in [-0.25, -0.2) is 4.79 Å². The molecule has 1 saturated heterocycles. The van der Waals surface area contributed by atoms with Crippen molar-refractivity contribution in [1.29, 1.82) is 0 Å². The maximum absolute atomic E-state index is 12.7. The molecule has 1 unspecified atom stereocenters. The summed E-state index contributed by atoms with van der Waals surface area (Å²) < 4.78 is 10.3. The highest BCUT2D eigenvalue weighted by molar-refractivity contribution is 6.30. The van der Waals surface area contributed by atoms with Gasteiger partial charge in [-0.15, -0.1) is 0 Å². The molecule has 2 fully saturated rings. The second-order valence-corrected chi connectivity index (χ2v) is 6.08. The van der Waals surface area contributed by atoms with E-state index in [-0.39, 0.29) is 5.97 Å². The second kappa shape index (κ2) is 5.68. The summed E-state index contributed by atoms with van der Waals surface area (Å²) in [6.45, 7) is 0.324. The first kappa shape index (κ1) is 14.4. The van der Waals surface area contributed by atoms with Crippen LogP contribution in [-0.2, 0) is 24.5 Å². The van der Waals surface area contributed by atoms with Gasteiger partial charge in [0.15, 0.2) is 0 Å². The minimum atomic E-state index is -0.748. The van der Waals surface area contributed by atoms with Crippen molar-refractivity contribution >= 4 is 23.5 Å². The summed E-state index contributed by atoms with van der Waals surface area (Å²) in [6.07, 6.45) is 3.15. The smallest absolute Gasteiger partial charge is 0.347 e. The van der Waals surface area contributed by atoms with Crippen LogP contribution in [0.15, 0.2) is 24.3 Å².